The summed E-state index contributed by atoms with van der Waals surface area (Å²) in [5.74, 6) is 0. The summed E-state index contributed by atoms with van der Waals surface area (Å²) in [7, 11) is 3.84. The van der Waals surface area contributed by atoms with Gasteiger partial charge < -0.3 is 10.0 Å². The maximum atomic E-state index is 8.87. The Bertz CT molecular complexity index is 273. The third kappa shape index (κ3) is 1.90. The van der Waals surface area contributed by atoms with Crippen molar-refractivity contribution in [1.29, 1.82) is 0 Å². The average Bonchev–Trinajstić information content (AvgIpc) is 2.05. The standard InChI is InChI=1S/C9H12ClNO/c1-11(2)9-5-7(6-12)3-4-8(9)10/h3-5,12H,6H2,1-2H3. The first kappa shape index (κ1) is 9.36. The highest BCUT2D eigenvalue weighted by molar-refractivity contribution is 6.33. The van der Waals surface area contributed by atoms with Crippen LogP contribution in [0, 0.1) is 0 Å². The highest BCUT2D eigenvalue weighted by Crippen LogP contribution is 2.24. The zero-order valence-electron chi connectivity index (χ0n) is 7.21. The maximum Gasteiger partial charge on any atom is 0.0682 e. The van der Waals surface area contributed by atoms with Gasteiger partial charge in [-0.25, -0.2) is 0 Å². The maximum absolute atomic E-state index is 8.87. The van der Waals surface area contributed by atoms with E-state index in [-0.39, 0.29) is 6.61 Å². The van der Waals surface area contributed by atoms with Gasteiger partial charge in [0.2, 0.25) is 0 Å². The number of aliphatic hydroxyl groups is 1. The Morgan fingerprint density at radius 2 is 2.08 bits per heavy atom. The predicted molar refractivity (Wildman–Crippen MR) is 51.7 cm³/mol. The highest BCUT2D eigenvalue weighted by Gasteiger charge is 2.02. The van der Waals surface area contributed by atoms with Crippen LogP contribution >= 0.6 is 11.6 Å². The summed E-state index contributed by atoms with van der Waals surface area (Å²) < 4.78 is 0. The van der Waals surface area contributed by atoms with Crippen LogP contribution in [-0.4, -0.2) is 19.2 Å². The first-order chi connectivity index (χ1) is 5.65. The highest BCUT2D eigenvalue weighted by atomic mass is 35.5. The number of benzene rings is 1. The van der Waals surface area contributed by atoms with Crippen molar-refractivity contribution in [2.45, 2.75) is 6.61 Å². The number of aliphatic hydroxyl groups excluding tert-OH is 1. The van der Waals surface area contributed by atoms with E-state index in [9.17, 15) is 0 Å². The number of hydrogen-bond acceptors (Lipinski definition) is 2. The molecule has 1 aromatic rings. The lowest BCUT2D eigenvalue weighted by atomic mass is 10.2. The molecule has 0 bridgehead atoms. The molecule has 0 radical (unpaired) electrons. The van der Waals surface area contributed by atoms with E-state index in [2.05, 4.69) is 0 Å². The Hall–Kier alpha value is -0.730. The quantitative estimate of drug-likeness (QED) is 0.761. The smallest absolute Gasteiger partial charge is 0.0682 e. The largest absolute Gasteiger partial charge is 0.392 e. The van der Waals surface area contributed by atoms with E-state index in [1.807, 2.05) is 31.1 Å². The van der Waals surface area contributed by atoms with Crippen LogP contribution in [-0.2, 0) is 6.61 Å². The molecule has 2 nitrogen and oxygen atoms in total. The van der Waals surface area contributed by atoms with Crippen molar-refractivity contribution in [3.8, 4) is 0 Å². The van der Waals surface area contributed by atoms with E-state index >= 15 is 0 Å². The van der Waals surface area contributed by atoms with Gasteiger partial charge in [0.25, 0.3) is 0 Å². The van der Waals surface area contributed by atoms with Gasteiger partial charge in [0.1, 0.15) is 0 Å². The minimum atomic E-state index is 0.0536. The second-order valence-electron chi connectivity index (χ2n) is 2.84. The lowest BCUT2D eigenvalue weighted by molar-refractivity contribution is 0.282. The molecule has 1 rings (SSSR count). The van der Waals surface area contributed by atoms with E-state index in [0.29, 0.717) is 5.02 Å². The van der Waals surface area contributed by atoms with E-state index in [1.165, 1.54) is 0 Å². The molecular formula is C9H12ClNO. The van der Waals surface area contributed by atoms with Crippen LogP contribution in [0.2, 0.25) is 5.02 Å². The Morgan fingerprint density at radius 1 is 1.42 bits per heavy atom. The number of rotatable bonds is 2. The van der Waals surface area contributed by atoms with Crippen molar-refractivity contribution in [2.24, 2.45) is 0 Å². The number of hydrogen-bond donors (Lipinski definition) is 1. The van der Waals surface area contributed by atoms with Gasteiger partial charge in [-0.1, -0.05) is 17.7 Å². The molecule has 0 amide bonds. The molecule has 0 aromatic heterocycles. The minimum Gasteiger partial charge on any atom is -0.392 e. The molecule has 0 aliphatic carbocycles. The van der Waals surface area contributed by atoms with Crippen LogP contribution in [0.4, 0.5) is 5.69 Å². The van der Waals surface area contributed by atoms with E-state index in [4.69, 9.17) is 16.7 Å². The van der Waals surface area contributed by atoms with Crippen LogP contribution in [0.3, 0.4) is 0 Å². The van der Waals surface area contributed by atoms with Crippen molar-refractivity contribution in [1.82, 2.24) is 0 Å². The molecule has 12 heavy (non-hydrogen) atoms. The molecular weight excluding hydrogens is 174 g/mol. The number of anilines is 1. The van der Waals surface area contributed by atoms with Crippen LogP contribution < -0.4 is 4.90 Å². The molecule has 0 aliphatic heterocycles. The number of nitrogens with zero attached hydrogens (tertiary/aromatic N) is 1. The van der Waals surface area contributed by atoms with Gasteiger partial charge >= 0.3 is 0 Å². The molecule has 0 saturated heterocycles. The second kappa shape index (κ2) is 3.78. The van der Waals surface area contributed by atoms with Gasteiger partial charge in [-0.05, 0) is 17.7 Å². The topological polar surface area (TPSA) is 23.5 Å². The monoisotopic (exact) mass is 185 g/mol. The van der Waals surface area contributed by atoms with E-state index in [0.717, 1.165) is 11.3 Å². The summed E-state index contributed by atoms with van der Waals surface area (Å²) in [6, 6.07) is 5.49. The van der Waals surface area contributed by atoms with Crippen LogP contribution in [0.15, 0.2) is 18.2 Å². The summed E-state index contributed by atoms with van der Waals surface area (Å²) in [5.41, 5.74) is 1.81. The molecule has 0 aliphatic rings. The summed E-state index contributed by atoms with van der Waals surface area (Å²) in [6.07, 6.45) is 0. The normalized spacial score (nSPS) is 10.0. The zero-order chi connectivity index (χ0) is 9.14. The molecule has 0 unspecified atom stereocenters. The van der Waals surface area contributed by atoms with Crippen molar-refractivity contribution >= 4 is 17.3 Å². The van der Waals surface area contributed by atoms with Gasteiger partial charge in [0, 0.05) is 14.1 Å². The fourth-order valence-electron chi connectivity index (χ4n) is 0.999. The molecule has 0 fully saturated rings. The second-order valence-corrected chi connectivity index (χ2v) is 3.25. The molecule has 0 spiro atoms. The van der Waals surface area contributed by atoms with Crippen LogP contribution in [0.1, 0.15) is 5.56 Å². The summed E-state index contributed by atoms with van der Waals surface area (Å²) >= 11 is 5.92. The summed E-state index contributed by atoms with van der Waals surface area (Å²) in [4.78, 5) is 1.92. The third-order valence-corrected chi connectivity index (χ3v) is 1.99. The minimum absolute atomic E-state index is 0.0536. The molecule has 0 atom stereocenters. The van der Waals surface area contributed by atoms with Crippen molar-refractivity contribution < 1.29 is 5.11 Å². The summed E-state index contributed by atoms with van der Waals surface area (Å²) in [5, 5.41) is 9.58. The lowest BCUT2D eigenvalue weighted by Gasteiger charge is -2.14. The Balaban J connectivity index is 3.08. The van der Waals surface area contributed by atoms with Gasteiger partial charge in [-0.15, -0.1) is 0 Å². The molecule has 66 valence electrons. The zero-order valence-corrected chi connectivity index (χ0v) is 7.97. The summed E-state index contributed by atoms with van der Waals surface area (Å²) in [6.45, 7) is 0.0536. The van der Waals surface area contributed by atoms with Gasteiger partial charge in [-0.3, -0.25) is 0 Å². The fraction of sp³-hybridized carbons (Fsp3) is 0.333. The lowest BCUT2D eigenvalue weighted by Crippen LogP contribution is -2.09. The Labute approximate surface area is 77.4 Å². The van der Waals surface area contributed by atoms with Crippen LogP contribution in [0.25, 0.3) is 0 Å². The van der Waals surface area contributed by atoms with Crippen molar-refractivity contribution in [3.05, 3.63) is 28.8 Å². The Morgan fingerprint density at radius 3 is 2.58 bits per heavy atom. The molecule has 0 saturated carbocycles. The van der Waals surface area contributed by atoms with Crippen molar-refractivity contribution in [3.63, 3.8) is 0 Å². The average molecular weight is 186 g/mol. The predicted octanol–water partition coefficient (Wildman–Crippen LogP) is 1.90. The number of halogens is 1. The van der Waals surface area contributed by atoms with Gasteiger partial charge in [-0.2, -0.15) is 0 Å². The fourth-order valence-corrected chi connectivity index (χ4v) is 1.29. The first-order valence-corrected chi connectivity index (χ1v) is 4.09. The van der Waals surface area contributed by atoms with Crippen molar-refractivity contribution in [2.75, 3.05) is 19.0 Å². The van der Waals surface area contributed by atoms with Gasteiger partial charge in [0.15, 0.2) is 0 Å². The molecule has 1 aromatic carbocycles. The first-order valence-electron chi connectivity index (χ1n) is 3.71. The van der Waals surface area contributed by atoms with E-state index in [1.54, 1.807) is 6.07 Å². The SMILES string of the molecule is CN(C)c1cc(CO)ccc1Cl. The van der Waals surface area contributed by atoms with Gasteiger partial charge in [0.05, 0.1) is 17.3 Å². The van der Waals surface area contributed by atoms with E-state index < -0.39 is 0 Å². The third-order valence-electron chi connectivity index (χ3n) is 1.67. The Kier molecular flexibility index (Phi) is 2.95. The molecule has 3 heteroatoms. The molecule has 1 N–H and O–H groups in total. The molecule has 0 heterocycles. The van der Waals surface area contributed by atoms with Crippen LogP contribution in [0.5, 0.6) is 0 Å².